The Kier molecular flexibility index (Phi) is 5.50. The number of nitrogens with one attached hydrogen (secondary N) is 1. The average Bonchev–Trinajstić information content (AvgIpc) is 2.75. The zero-order chi connectivity index (χ0) is 13.2. The van der Waals surface area contributed by atoms with Crippen molar-refractivity contribution in [3.63, 3.8) is 0 Å². The molecule has 0 radical (unpaired) electrons. The van der Waals surface area contributed by atoms with Crippen molar-refractivity contribution in [1.29, 1.82) is 0 Å². The molecule has 2 heterocycles. The summed E-state index contributed by atoms with van der Waals surface area (Å²) in [6.07, 6.45) is -2.70. The monoisotopic (exact) mass is 300 g/mol. The van der Waals surface area contributed by atoms with Crippen molar-refractivity contribution in [3.05, 3.63) is 0 Å². The molecule has 1 N–H and O–H groups in total. The number of carbonyl (C=O) groups excluding carboxylic acids is 1. The molecular formula is C12H20ClF3N2O. The molecule has 2 aliphatic rings. The van der Waals surface area contributed by atoms with Crippen LogP contribution in [-0.4, -0.2) is 43.2 Å². The number of amides is 1. The van der Waals surface area contributed by atoms with Gasteiger partial charge in [0.05, 0.1) is 6.42 Å². The molecule has 7 heteroatoms. The van der Waals surface area contributed by atoms with Gasteiger partial charge in [0.25, 0.3) is 0 Å². The van der Waals surface area contributed by atoms with Gasteiger partial charge >= 0.3 is 6.18 Å². The first-order valence-corrected chi connectivity index (χ1v) is 6.46. The van der Waals surface area contributed by atoms with Gasteiger partial charge in [0.1, 0.15) is 0 Å². The Bertz CT molecular complexity index is 307. The van der Waals surface area contributed by atoms with Crippen molar-refractivity contribution in [2.45, 2.75) is 38.3 Å². The van der Waals surface area contributed by atoms with Crippen molar-refractivity contribution < 1.29 is 18.0 Å². The van der Waals surface area contributed by atoms with E-state index in [0.29, 0.717) is 18.5 Å². The van der Waals surface area contributed by atoms with Crippen LogP contribution in [0.15, 0.2) is 0 Å². The zero-order valence-electron chi connectivity index (χ0n) is 10.8. The standard InChI is InChI=1S/C12H19F3N2O.ClH/c13-12(14,15)2-1-10(18)17-7-4-11(5-8-17)3-6-16-9-11;/h16H,1-9H2;1H. The first-order chi connectivity index (χ1) is 8.40. The summed E-state index contributed by atoms with van der Waals surface area (Å²) < 4.78 is 36.1. The second-order valence-corrected chi connectivity index (χ2v) is 5.42. The molecule has 0 aromatic carbocycles. The number of piperidine rings is 1. The topological polar surface area (TPSA) is 32.3 Å². The number of hydrogen-bond donors (Lipinski definition) is 1. The van der Waals surface area contributed by atoms with Crippen LogP contribution in [0.4, 0.5) is 13.2 Å². The summed E-state index contributed by atoms with van der Waals surface area (Å²) >= 11 is 0. The summed E-state index contributed by atoms with van der Waals surface area (Å²) in [5.74, 6) is -0.354. The van der Waals surface area contributed by atoms with Gasteiger partial charge < -0.3 is 10.2 Å². The van der Waals surface area contributed by atoms with Crippen molar-refractivity contribution >= 4 is 18.3 Å². The Hall–Kier alpha value is -0.490. The number of halogens is 4. The van der Waals surface area contributed by atoms with Gasteiger partial charge in [0.15, 0.2) is 0 Å². The van der Waals surface area contributed by atoms with Crippen LogP contribution in [0.3, 0.4) is 0 Å². The van der Waals surface area contributed by atoms with Crippen LogP contribution in [0.1, 0.15) is 32.1 Å². The van der Waals surface area contributed by atoms with Crippen LogP contribution < -0.4 is 5.32 Å². The third-order valence-electron chi connectivity index (χ3n) is 4.13. The summed E-state index contributed by atoms with van der Waals surface area (Å²) in [4.78, 5) is 13.3. The van der Waals surface area contributed by atoms with E-state index in [-0.39, 0.29) is 18.3 Å². The van der Waals surface area contributed by atoms with Crippen molar-refractivity contribution in [2.75, 3.05) is 26.2 Å². The van der Waals surface area contributed by atoms with Gasteiger partial charge in [-0.1, -0.05) is 0 Å². The van der Waals surface area contributed by atoms with Gasteiger partial charge in [0.2, 0.25) is 5.91 Å². The third-order valence-corrected chi connectivity index (χ3v) is 4.13. The number of hydrogen-bond acceptors (Lipinski definition) is 2. The van der Waals surface area contributed by atoms with Crippen LogP contribution in [0.25, 0.3) is 0 Å². The molecule has 3 nitrogen and oxygen atoms in total. The molecule has 0 saturated carbocycles. The molecule has 2 rings (SSSR count). The maximum absolute atomic E-state index is 12.0. The molecule has 0 aliphatic carbocycles. The fourth-order valence-electron chi connectivity index (χ4n) is 2.86. The summed E-state index contributed by atoms with van der Waals surface area (Å²) in [5.41, 5.74) is 0.292. The van der Waals surface area contributed by atoms with E-state index >= 15 is 0 Å². The van der Waals surface area contributed by atoms with E-state index in [1.54, 1.807) is 4.90 Å². The molecule has 0 bridgehead atoms. The van der Waals surface area contributed by atoms with Crippen molar-refractivity contribution in [2.24, 2.45) is 5.41 Å². The lowest BCUT2D eigenvalue weighted by atomic mass is 9.78. The highest BCUT2D eigenvalue weighted by Gasteiger charge is 2.38. The van der Waals surface area contributed by atoms with Crippen LogP contribution in [0.5, 0.6) is 0 Å². The van der Waals surface area contributed by atoms with E-state index in [0.717, 1.165) is 32.4 Å². The van der Waals surface area contributed by atoms with Gasteiger partial charge in [-0.2, -0.15) is 13.2 Å². The van der Waals surface area contributed by atoms with Crippen molar-refractivity contribution in [3.8, 4) is 0 Å². The lowest BCUT2D eigenvalue weighted by Crippen LogP contribution is -2.44. The molecule has 1 spiro atoms. The van der Waals surface area contributed by atoms with Gasteiger partial charge in [-0.15, -0.1) is 12.4 Å². The van der Waals surface area contributed by atoms with Gasteiger partial charge in [-0.3, -0.25) is 4.79 Å². The quantitative estimate of drug-likeness (QED) is 0.849. The van der Waals surface area contributed by atoms with E-state index in [2.05, 4.69) is 5.32 Å². The molecule has 0 aromatic rings. The number of likely N-dealkylation sites (tertiary alicyclic amines) is 1. The second kappa shape index (κ2) is 6.31. The lowest BCUT2D eigenvalue weighted by molar-refractivity contribution is -0.150. The predicted molar refractivity (Wildman–Crippen MR) is 68.3 cm³/mol. The fourth-order valence-corrected chi connectivity index (χ4v) is 2.86. The van der Waals surface area contributed by atoms with Gasteiger partial charge in [-0.25, -0.2) is 0 Å². The molecular weight excluding hydrogens is 281 g/mol. The Balaban J connectivity index is 0.00000180. The van der Waals surface area contributed by atoms with Gasteiger partial charge in [0, 0.05) is 26.1 Å². The molecule has 112 valence electrons. The third kappa shape index (κ3) is 4.53. The number of carbonyl (C=O) groups is 1. The number of nitrogens with zero attached hydrogens (tertiary/aromatic N) is 1. The SMILES string of the molecule is Cl.O=C(CCC(F)(F)F)N1CCC2(CCNC2)CC1. The zero-order valence-corrected chi connectivity index (χ0v) is 11.6. The Morgan fingerprint density at radius 1 is 1.21 bits per heavy atom. The minimum Gasteiger partial charge on any atom is -0.343 e. The van der Waals surface area contributed by atoms with Gasteiger partial charge in [-0.05, 0) is 31.2 Å². The van der Waals surface area contributed by atoms with Crippen LogP contribution >= 0.6 is 12.4 Å². The molecule has 19 heavy (non-hydrogen) atoms. The highest BCUT2D eigenvalue weighted by molar-refractivity contribution is 5.85. The molecule has 0 aromatic heterocycles. The normalized spacial score (nSPS) is 22.4. The molecule has 2 fully saturated rings. The van der Waals surface area contributed by atoms with Crippen molar-refractivity contribution in [1.82, 2.24) is 10.2 Å². The van der Waals surface area contributed by atoms with Crippen LogP contribution in [0, 0.1) is 5.41 Å². The number of alkyl halides is 3. The molecule has 2 saturated heterocycles. The minimum absolute atomic E-state index is 0. The smallest absolute Gasteiger partial charge is 0.343 e. The summed E-state index contributed by atoms with van der Waals surface area (Å²) in [6, 6.07) is 0. The minimum atomic E-state index is -4.23. The van der Waals surface area contributed by atoms with Crippen LogP contribution in [0.2, 0.25) is 0 Å². The first-order valence-electron chi connectivity index (χ1n) is 6.46. The Morgan fingerprint density at radius 2 is 1.84 bits per heavy atom. The fraction of sp³-hybridized carbons (Fsp3) is 0.917. The molecule has 0 atom stereocenters. The van der Waals surface area contributed by atoms with E-state index < -0.39 is 19.0 Å². The van der Waals surface area contributed by atoms with E-state index in [9.17, 15) is 18.0 Å². The Labute approximate surface area is 117 Å². The number of rotatable bonds is 2. The maximum atomic E-state index is 12.0. The van der Waals surface area contributed by atoms with E-state index in [1.165, 1.54) is 0 Å². The lowest BCUT2D eigenvalue weighted by Gasteiger charge is -2.39. The Morgan fingerprint density at radius 3 is 2.32 bits per heavy atom. The van der Waals surface area contributed by atoms with Crippen LogP contribution in [-0.2, 0) is 4.79 Å². The highest BCUT2D eigenvalue weighted by Crippen LogP contribution is 2.37. The molecule has 0 unspecified atom stereocenters. The highest BCUT2D eigenvalue weighted by atomic mass is 35.5. The van der Waals surface area contributed by atoms with E-state index in [4.69, 9.17) is 0 Å². The average molecular weight is 301 g/mol. The van der Waals surface area contributed by atoms with E-state index in [1.807, 2.05) is 0 Å². The summed E-state index contributed by atoms with van der Waals surface area (Å²) in [6.45, 7) is 3.22. The predicted octanol–water partition coefficient (Wildman–Crippen LogP) is 2.35. The summed E-state index contributed by atoms with van der Waals surface area (Å²) in [7, 11) is 0. The molecule has 2 aliphatic heterocycles. The maximum Gasteiger partial charge on any atom is 0.389 e. The largest absolute Gasteiger partial charge is 0.389 e. The second-order valence-electron chi connectivity index (χ2n) is 5.42. The molecule has 1 amide bonds. The summed E-state index contributed by atoms with van der Waals surface area (Å²) in [5, 5.41) is 3.32. The first kappa shape index (κ1) is 16.6.